The highest BCUT2D eigenvalue weighted by Crippen LogP contribution is 2.35. The van der Waals surface area contributed by atoms with Gasteiger partial charge in [0.05, 0.1) is 29.8 Å². The molecule has 6 rings (SSSR count). The Morgan fingerprint density at radius 2 is 1.88 bits per heavy atom. The molecule has 1 aromatic carbocycles. The number of hydrogen-bond acceptors (Lipinski definition) is 6. The second-order valence-corrected chi connectivity index (χ2v) is 11.4. The Kier molecular flexibility index (Phi) is 6.88. The first-order chi connectivity index (χ1) is 19.2. The summed E-state index contributed by atoms with van der Waals surface area (Å²) in [6, 6.07) is 8.15. The van der Waals surface area contributed by atoms with E-state index in [1.807, 2.05) is 50.1 Å². The maximum Gasteiger partial charge on any atom is 0.259 e. The molecule has 40 heavy (non-hydrogen) atoms. The number of benzene rings is 1. The van der Waals surface area contributed by atoms with E-state index in [2.05, 4.69) is 46.2 Å². The maximum atomic E-state index is 13.5. The third kappa shape index (κ3) is 4.57. The van der Waals surface area contributed by atoms with Crippen LogP contribution >= 0.6 is 11.6 Å². The van der Waals surface area contributed by atoms with Crippen LogP contribution in [0.15, 0.2) is 47.7 Å². The summed E-state index contributed by atoms with van der Waals surface area (Å²) in [6.07, 6.45) is 7.98. The fourth-order valence-corrected chi connectivity index (χ4v) is 6.19. The molecule has 0 bridgehead atoms. The van der Waals surface area contributed by atoms with E-state index in [9.17, 15) is 4.79 Å². The smallest absolute Gasteiger partial charge is 0.259 e. The van der Waals surface area contributed by atoms with Gasteiger partial charge in [0.15, 0.2) is 0 Å². The van der Waals surface area contributed by atoms with Crippen LogP contribution in [-0.2, 0) is 13.6 Å². The van der Waals surface area contributed by atoms with Crippen LogP contribution in [0.1, 0.15) is 49.9 Å². The lowest BCUT2D eigenvalue weighted by atomic mass is 9.95. The van der Waals surface area contributed by atoms with Crippen LogP contribution in [0.5, 0.6) is 0 Å². The molecule has 10 heteroatoms. The van der Waals surface area contributed by atoms with Gasteiger partial charge in [-0.2, -0.15) is 10.2 Å². The van der Waals surface area contributed by atoms with Crippen molar-refractivity contribution in [3.63, 3.8) is 0 Å². The van der Waals surface area contributed by atoms with Gasteiger partial charge < -0.3 is 10.2 Å². The molecule has 1 N–H and O–H groups in total. The Balaban J connectivity index is 1.41. The summed E-state index contributed by atoms with van der Waals surface area (Å²) >= 11 is 6.39. The Labute approximate surface area is 238 Å². The van der Waals surface area contributed by atoms with Gasteiger partial charge in [0.25, 0.3) is 5.56 Å². The van der Waals surface area contributed by atoms with Crippen molar-refractivity contribution in [1.82, 2.24) is 34.0 Å². The van der Waals surface area contributed by atoms with E-state index < -0.39 is 0 Å². The number of pyridine rings is 2. The lowest BCUT2D eigenvalue weighted by Crippen LogP contribution is -2.31. The molecule has 0 radical (unpaired) electrons. The number of nitrogens with one attached hydrogen (secondary N) is 1. The van der Waals surface area contributed by atoms with Crippen molar-refractivity contribution in [3.05, 3.63) is 69.5 Å². The Bertz CT molecular complexity index is 1780. The fraction of sp³-hybridized carbons (Fsp3) is 0.400. The highest BCUT2D eigenvalue weighted by molar-refractivity contribution is 6.29. The first-order valence-electron chi connectivity index (χ1n) is 13.9. The van der Waals surface area contributed by atoms with E-state index in [1.54, 1.807) is 10.6 Å². The van der Waals surface area contributed by atoms with Crippen molar-refractivity contribution in [2.75, 3.05) is 25.5 Å². The monoisotopic (exact) mass is 558 g/mol. The van der Waals surface area contributed by atoms with Gasteiger partial charge in [-0.1, -0.05) is 17.7 Å². The Morgan fingerprint density at radius 1 is 1.10 bits per heavy atom. The number of hydrogen-bond donors (Lipinski definition) is 1. The molecule has 1 aliphatic rings. The number of aryl methyl sites for hydroxylation is 3. The number of aromatic nitrogens is 6. The van der Waals surface area contributed by atoms with Crippen LogP contribution in [-0.4, -0.2) is 54.1 Å². The lowest BCUT2D eigenvalue weighted by Gasteiger charge is -2.29. The number of rotatable bonds is 6. The molecule has 5 heterocycles. The Hall–Kier alpha value is -3.69. The topological polar surface area (TPSA) is 85.8 Å². The molecular formula is C30H35ClN8O. The van der Waals surface area contributed by atoms with E-state index in [-0.39, 0.29) is 11.6 Å². The highest BCUT2D eigenvalue weighted by Gasteiger charge is 2.22. The predicted molar refractivity (Wildman–Crippen MR) is 161 cm³/mol. The average molecular weight is 559 g/mol. The van der Waals surface area contributed by atoms with Gasteiger partial charge in [0.1, 0.15) is 10.8 Å². The van der Waals surface area contributed by atoms with Crippen LogP contribution in [0.4, 0.5) is 5.69 Å². The zero-order chi connectivity index (χ0) is 28.1. The quantitative estimate of drug-likeness (QED) is 0.274. The van der Waals surface area contributed by atoms with Gasteiger partial charge >= 0.3 is 0 Å². The van der Waals surface area contributed by atoms with Crippen LogP contribution in [0, 0.1) is 6.92 Å². The molecular weight excluding hydrogens is 524 g/mol. The first-order valence-corrected chi connectivity index (χ1v) is 14.3. The first kappa shape index (κ1) is 26.5. The highest BCUT2D eigenvalue weighted by atomic mass is 35.5. The fourth-order valence-electron chi connectivity index (χ4n) is 6.04. The van der Waals surface area contributed by atoms with Crippen molar-refractivity contribution in [3.8, 4) is 11.3 Å². The standard InChI is InChI=1S/C30H35ClN8O/c1-6-38-29-24(16-33-38)27-22(13-18(2)14-23(27)30(40)37(29)5)19(3)34-25-7-8-26(31)35-28(25)20-15-32-39(17-20)21-9-11-36(4)12-10-21/h7-8,13-17,19,21,34H,6,9-12H2,1-5H3. The van der Waals surface area contributed by atoms with Crippen LogP contribution < -0.4 is 10.9 Å². The summed E-state index contributed by atoms with van der Waals surface area (Å²) in [5, 5.41) is 16.0. The van der Waals surface area contributed by atoms with Crippen LogP contribution in [0.2, 0.25) is 5.15 Å². The van der Waals surface area contributed by atoms with Crippen molar-refractivity contribution in [1.29, 1.82) is 0 Å². The molecule has 0 aliphatic carbocycles. The van der Waals surface area contributed by atoms with Gasteiger partial charge in [0.2, 0.25) is 0 Å². The van der Waals surface area contributed by atoms with Gasteiger partial charge in [-0.05, 0) is 83.1 Å². The summed E-state index contributed by atoms with van der Waals surface area (Å²) in [6.45, 7) is 8.99. The van der Waals surface area contributed by atoms with Gasteiger partial charge in [-0.15, -0.1) is 0 Å². The van der Waals surface area contributed by atoms with Crippen molar-refractivity contribution < 1.29 is 0 Å². The molecule has 208 valence electrons. The van der Waals surface area contributed by atoms with E-state index >= 15 is 0 Å². The maximum absolute atomic E-state index is 13.5. The molecule has 9 nitrogen and oxygen atoms in total. The summed E-state index contributed by atoms with van der Waals surface area (Å²) in [5.41, 5.74) is 5.41. The van der Waals surface area contributed by atoms with Crippen molar-refractivity contribution >= 4 is 39.1 Å². The SMILES string of the molecule is CCn1ncc2c3c(C(C)Nc4ccc(Cl)nc4-c4cnn(C5CCN(C)CC5)c4)cc(C)cc3c(=O)n(C)c21. The number of halogens is 1. The summed E-state index contributed by atoms with van der Waals surface area (Å²) in [7, 11) is 3.98. The number of anilines is 1. The number of fused-ring (bicyclic) bond motifs is 3. The normalized spacial score (nSPS) is 15.8. The van der Waals surface area contributed by atoms with Crippen LogP contribution in [0.3, 0.4) is 0 Å². The molecule has 5 aromatic rings. The molecule has 1 saturated heterocycles. The number of nitrogens with zero attached hydrogens (tertiary/aromatic N) is 7. The van der Waals surface area contributed by atoms with Crippen molar-refractivity contribution in [2.45, 2.75) is 52.2 Å². The van der Waals surface area contributed by atoms with Crippen LogP contribution in [0.25, 0.3) is 33.1 Å². The van der Waals surface area contributed by atoms with Crippen molar-refractivity contribution in [2.24, 2.45) is 7.05 Å². The summed E-state index contributed by atoms with van der Waals surface area (Å²) in [5.74, 6) is 0. The molecule has 0 saturated carbocycles. The third-order valence-corrected chi connectivity index (χ3v) is 8.39. The predicted octanol–water partition coefficient (Wildman–Crippen LogP) is 5.57. The van der Waals surface area contributed by atoms with E-state index in [0.717, 1.165) is 70.4 Å². The van der Waals surface area contributed by atoms with Gasteiger partial charge in [-0.25, -0.2) is 9.67 Å². The minimum atomic E-state index is -0.131. The molecule has 0 spiro atoms. The Morgan fingerprint density at radius 3 is 2.62 bits per heavy atom. The summed E-state index contributed by atoms with van der Waals surface area (Å²) < 4.78 is 5.66. The molecule has 1 atom stereocenters. The zero-order valence-corrected chi connectivity index (χ0v) is 24.4. The second kappa shape index (κ2) is 10.4. The zero-order valence-electron chi connectivity index (χ0n) is 23.6. The minimum absolute atomic E-state index is 0.0231. The van der Waals surface area contributed by atoms with E-state index in [4.69, 9.17) is 21.7 Å². The van der Waals surface area contributed by atoms with Gasteiger partial charge in [-0.3, -0.25) is 14.0 Å². The van der Waals surface area contributed by atoms with E-state index in [0.29, 0.717) is 23.1 Å². The van der Waals surface area contributed by atoms with Gasteiger partial charge in [0, 0.05) is 47.6 Å². The van der Waals surface area contributed by atoms with E-state index in [1.165, 1.54) is 0 Å². The molecule has 4 aromatic heterocycles. The minimum Gasteiger partial charge on any atom is -0.377 e. The molecule has 1 aliphatic heterocycles. The molecule has 0 amide bonds. The largest absolute Gasteiger partial charge is 0.377 e. The third-order valence-electron chi connectivity index (χ3n) is 8.18. The lowest BCUT2D eigenvalue weighted by molar-refractivity contribution is 0.212. The summed E-state index contributed by atoms with van der Waals surface area (Å²) in [4.78, 5) is 20.5. The average Bonchev–Trinajstić information content (AvgIpc) is 3.60. The number of piperidine rings is 1. The number of likely N-dealkylation sites (tertiary alicyclic amines) is 1. The second-order valence-electron chi connectivity index (χ2n) is 11.0. The molecule has 1 fully saturated rings. The molecule has 1 unspecified atom stereocenters.